The Balaban J connectivity index is 1.11. The summed E-state index contributed by atoms with van der Waals surface area (Å²) in [5, 5.41) is 9.44. The summed E-state index contributed by atoms with van der Waals surface area (Å²) in [6, 6.07) is 32.8. The Morgan fingerprint density at radius 1 is 0.737 bits per heavy atom. The third-order valence-corrected chi connectivity index (χ3v) is 5.85. The molecule has 5 rings (SSSR count). The normalized spacial score (nSPS) is 10.5. The molecule has 1 aromatic heterocycles. The van der Waals surface area contributed by atoms with Crippen LogP contribution in [-0.4, -0.2) is 16.9 Å². The van der Waals surface area contributed by atoms with Crippen LogP contribution in [0.2, 0.25) is 0 Å². The van der Waals surface area contributed by atoms with Gasteiger partial charge in [-0.3, -0.25) is 14.9 Å². The van der Waals surface area contributed by atoms with E-state index in [-0.39, 0.29) is 22.7 Å². The molecular weight excluding hydrogens is 498 g/mol. The molecule has 2 amide bonds. The third-order valence-electron chi connectivity index (χ3n) is 5.64. The zero-order valence-corrected chi connectivity index (χ0v) is 21.0. The van der Waals surface area contributed by atoms with E-state index in [1.807, 2.05) is 54.6 Å². The number of fused-ring (bicyclic) bond motifs is 1. The Hall–Kier alpha value is -4.95. The number of para-hydroxylation sites is 1. The highest BCUT2D eigenvalue weighted by atomic mass is 32.1. The van der Waals surface area contributed by atoms with Gasteiger partial charge in [-0.1, -0.05) is 48.5 Å². The summed E-state index contributed by atoms with van der Waals surface area (Å²) in [4.78, 5) is 25.1. The quantitative estimate of drug-likeness (QED) is 0.215. The van der Waals surface area contributed by atoms with Crippen LogP contribution in [0.25, 0.3) is 11.0 Å². The molecule has 0 bridgehead atoms. The van der Waals surface area contributed by atoms with Crippen LogP contribution < -0.4 is 20.7 Å². The molecule has 38 heavy (non-hydrogen) atoms. The van der Waals surface area contributed by atoms with E-state index in [0.29, 0.717) is 34.9 Å². The molecule has 1 heterocycles. The van der Waals surface area contributed by atoms with Crippen molar-refractivity contribution in [3.05, 3.63) is 126 Å². The summed E-state index contributed by atoms with van der Waals surface area (Å²) < 4.78 is 11.4. The molecule has 0 spiro atoms. The number of carbonyl (C=O) groups excluding carboxylic acids is 2. The van der Waals surface area contributed by atoms with E-state index >= 15 is 0 Å². The first kappa shape index (κ1) is 24.7. The molecule has 0 fully saturated rings. The summed E-state index contributed by atoms with van der Waals surface area (Å²) >= 11 is 5.28. The van der Waals surface area contributed by atoms with Gasteiger partial charge < -0.3 is 19.8 Å². The lowest BCUT2D eigenvalue weighted by molar-refractivity contribution is 0.0975. The Morgan fingerprint density at radius 2 is 1.39 bits per heavy atom. The number of anilines is 2. The molecular formula is C30H23N3O4S. The molecule has 188 valence electrons. The van der Waals surface area contributed by atoms with Crippen molar-refractivity contribution in [2.24, 2.45) is 0 Å². The van der Waals surface area contributed by atoms with Crippen LogP contribution in [0.4, 0.5) is 11.4 Å². The number of thiocarbonyl (C=S) groups is 1. The van der Waals surface area contributed by atoms with Gasteiger partial charge in [0.25, 0.3) is 11.8 Å². The number of nitrogens with one attached hydrogen (secondary N) is 3. The minimum absolute atomic E-state index is 0.151. The third kappa shape index (κ3) is 6.24. The summed E-state index contributed by atoms with van der Waals surface area (Å²) in [7, 11) is 0. The van der Waals surface area contributed by atoms with Crippen molar-refractivity contribution >= 4 is 51.5 Å². The number of ether oxygens (including phenoxy) is 1. The van der Waals surface area contributed by atoms with Gasteiger partial charge in [-0.25, -0.2) is 0 Å². The van der Waals surface area contributed by atoms with Crippen molar-refractivity contribution in [2.75, 3.05) is 10.6 Å². The van der Waals surface area contributed by atoms with Crippen LogP contribution in [0.15, 0.2) is 114 Å². The lowest BCUT2D eigenvalue weighted by Gasteiger charge is -2.11. The van der Waals surface area contributed by atoms with Crippen LogP contribution in [-0.2, 0) is 6.61 Å². The second-order valence-corrected chi connectivity index (χ2v) is 8.80. The van der Waals surface area contributed by atoms with E-state index in [0.717, 1.165) is 10.9 Å². The largest absolute Gasteiger partial charge is 0.489 e. The molecule has 4 aromatic carbocycles. The lowest BCUT2D eigenvalue weighted by atomic mass is 10.2. The van der Waals surface area contributed by atoms with Gasteiger partial charge >= 0.3 is 0 Å². The van der Waals surface area contributed by atoms with Gasteiger partial charge in [0.05, 0.1) is 0 Å². The van der Waals surface area contributed by atoms with E-state index in [4.69, 9.17) is 21.4 Å². The van der Waals surface area contributed by atoms with Gasteiger partial charge in [0, 0.05) is 22.3 Å². The summed E-state index contributed by atoms with van der Waals surface area (Å²) in [5.74, 6) is 0.208. The number of carbonyl (C=O) groups is 2. The van der Waals surface area contributed by atoms with Crippen molar-refractivity contribution in [1.82, 2.24) is 5.32 Å². The van der Waals surface area contributed by atoms with Gasteiger partial charge in [0.2, 0.25) is 0 Å². The maximum atomic E-state index is 12.6. The molecule has 0 atom stereocenters. The minimum atomic E-state index is -0.346. The first-order valence-electron chi connectivity index (χ1n) is 11.8. The highest BCUT2D eigenvalue weighted by molar-refractivity contribution is 7.80. The van der Waals surface area contributed by atoms with Gasteiger partial charge in [-0.05, 0) is 78.4 Å². The van der Waals surface area contributed by atoms with E-state index in [9.17, 15) is 9.59 Å². The van der Waals surface area contributed by atoms with Crippen LogP contribution in [0.1, 0.15) is 26.5 Å². The Bertz CT molecular complexity index is 1550. The molecule has 7 nitrogen and oxygen atoms in total. The van der Waals surface area contributed by atoms with E-state index in [1.54, 1.807) is 54.6 Å². The number of benzene rings is 4. The highest BCUT2D eigenvalue weighted by Crippen LogP contribution is 2.21. The maximum Gasteiger partial charge on any atom is 0.291 e. The summed E-state index contributed by atoms with van der Waals surface area (Å²) in [5.41, 5.74) is 3.41. The molecule has 5 aromatic rings. The number of hydrogen-bond acceptors (Lipinski definition) is 5. The SMILES string of the molecule is O=C(NC(=S)Nc1ccc(NC(=O)c2cc3ccccc3o2)cc1)c1ccc(OCc2ccccc2)cc1. The predicted octanol–water partition coefficient (Wildman–Crippen LogP) is 6.39. The fourth-order valence-electron chi connectivity index (χ4n) is 3.70. The number of furan rings is 1. The van der Waals surface area contributed by atoms with E-state index in [2.05, 4.69) is 16.0 Å². The molecule has 0 aliphatic carbocycles. The van der Waals surface area contributed by atoms with Gasteiger partial charge in [0.1, 0.15) is 17.9 Å². The first-order valence-corrected chi connectivity index (χ1v) is 12.2. The van der Waals surface area contributed by atoms with Crippen LogP contribution in [0.5, 0.6) is 5.75 Å². The second kappa shape index (κ2) is 11.4. The van der Waals surface area contributed by atoms with Crippen molar-refractivity contribution in [1.29, 1.82) is 0 Å². The average molecular weight is 522 g/mol. The van der Waals surface area contributed by atoms with Gasteiger partial charge in [0.15, 0.2) is 10.9 Å². The molecule has 0 aliphatic rings. The average Bonchev–Trinajstić information content (AvgIpc) is 3.38. The predicted molar refractivity (Wildman–Crippen MR) is 152 cm³/mol. The highest BCUT2D eigenvalue weighted by Gasteiger charge is 2.13. The van der Waals surface area contributed by atoms with Gasteiger partial charge in [-0.15, -0.1) is 0 Å². The second-order valence-electron chi connectivity index (χ2n) is 8.39. The van der Waals surface area contributed by atoms with Gasteiger partial charge in [-0.2, -0.15) is 0 Å². The fraction of sp³-hybridized carbons (Fsp3) is 0.0333. The van der Waals surface area contributed by atoms with E-state index < -0.39 is 0 Å². The zero-order chi connectivity index (χ0) is 26.3. The zero-order valence-electron chi connectivity index (χ0n) is 20.1. The van der Waals surface area contributed by atoms with Crippen LogP contribution >= 0.6 is 12.2 Å². The fourth-order valence-corrected chi connectivity index (χ4v) is 3.91. The molecule has 0 saturated heterocycles. The lowest BCUT2D eigenvalue weighted by Crippen LogP contribution is -2.34. The molecule has 0 radical (unpaired) electrons. The monoisotopic (exact) mass is 521 g/mol. The topological polar surface area (TPSA) is 92.6 Å². The van der Waals surface area contributed by atoms with Crippen molar-refractivity contribution in [3.63, 3.8) is 0 Å². The minimum Gasteiger partial charge on any atom is -0.489 e. The number of hydrogen-bond donors (Lipinski definition) is 3. The smallest absolute Gasteiger partial charge is 0.291 e. The Kier molecular flexibility index (Phi) is 7.42. The Labute approximate surface area is 224 Å². The van der Waals surface area contributed by atoms with Crippen molar-refractivity contribution < 1.29 is 18.7 Å². The molecule has 0 unspecified atom stereocenters. The summed E-state index contributed by atoms with van der Waals surface area (Å²) in [6.45, 7) is 0.447. The summed E-state index contributed by atoms with van der Waals surface area (Å²) in [6.07, 6.45) is 0. The number of rotatable bonds is 7. The standard InChI is InChI=1S/C30H23N3O4S/c34-28(21-10-16-25(17-11-21)36-19-20-6-2-1-3-7-20)33-30(38)32-24-14-12-23(13-15-24)31-29(35)27-18-22-8-4-5-9-26(22)37-27/h1-18H,19H2,(H,31,35)(H2,32,33,34,38). The van der Waals surface area contributed by atoms with Crippen LogP contribution in [0.3, 0.4) is 0 Å². The Morgan fingerprint density at radius 3 is 2.11 bits per heavy atom. The first-order chi connectivity index (χ1) is 18.5. The van der Waals surface area contributed by atoms with Crippen molar-refractivity contribution in [2.45, 2.75) is 6.61 Å². The van der Waals surface area contributed by atoms with Crippen molar-refractivity contribution in [3.8, 4) is 5.75 Å². The molecule has 3 N–H and O–H groups in total. The number of amides is 2. The van der Waals surface area contributed by atoms with E-state index in [1.165, 1.54) is 0 Å². The van der Waals surface area contributed by atoms with Crippen LogP contribution in [0, 0.1) is 0 Å². The maximum absolute atomic E-state index is 12.6. The molecule has 8 heteroatoms. The molecule has 0 aliphatic heterocycles. The molecule has 0 saturated carbocycles.